The average Bonchev–Trinajstić information content (AvgIpc) is 3.35. The van der Waals surface area contributed by atoms with Gasteiger partial charge >= 0.3 is 0 Å². The van der Waals surface area contributed by atoms with Crippen LogP contribution >= 0.6 is 0 Å². The predicted octanol–water partition coefficient (Wildman–Crippen LogP) is 2.47. The summed E-state index contributed by atoms with van der Waals surface area (Å²) in [5.74, 6) is 1.20. The standard InChI is InChI=1S/C20H31N5O/c26-20(18-6-2-1-3-7-18)24-12-8-17(9-13-24)14-25-16-19(21-22-25)15-23-10-4-5-11-23/h1-2,16-18H,3-15H2/t18-/m0/s1. The normalized spacial score (nSPS) is 25.1. The van der Waals surface area contributed by atoms with E-state index in [1.54, 1.807) is 0 Å². The van der Waals surface area contributed by atoms with Crippen molar-refractivity contribution in [2.24, 2.45) is 11.8 Å². The van der Waals surface area contributed by atoms with E-state index < -0.39 is 0 Å². The van der Waals surface area contributed by atoms with Crippen molar-refractivity contribution in [2.75, 3.05) is 26.2 Å². The van der Waals surface area contributed by atoms with E-state index in [0.717, 1.165) is 64.0 Å². The summed E-state index contributed by atoms with van der Waals surface area (Å²) < 4.78 is 2.01. The first-order valence-corrected chi connectivity index (χ1v) is 10.3. The van der Waals surface area contributed by atoms with Crippen LogP contribution in [0.25, 0.3) is 0 Å². The van der Waals surface area contributed by atoms with Crippen LogP contribution in [0, 0.1) is 11.8 Å². The number of amides is 1. The Morgan fingerprint density at radius 2 is 1.88 bits per heavy atom. The Balaban J connectivity index is 1.23. The molecule has 3 heterocycles. The molecule has 0 aromatic carbocycles. The highest BCUT2D eigenvalue weighted by molar-refractivity contribution is 5.79. The monoisotopic (exact) mass is 357 g/mol. The molecule has 1 amide bonds. The molecule has 0 saturated carbocycles. The lowest BCUT2D eigenvalue weighted by Crippen LogP contribution is -2.42. The molecular weight excluding hydrogens is 326 g/mol. The summed E-state index contributed by atoms with van der Waals surface area (Å²) in [5.41, 5.74) is 1.09. The predicted molar refractivity (Wildman–Crippen MR) is 100 cm³/mol. The van der Waals surface area contributed by atoms with Gasteiger partial charge in [-0.3, -0.25) is 14.4 Å². The fourth-order valence-electron chi connectivity index (χ4n) is 4.55. The second-order valence-electron chi connectivity index (χ2n) is 8.17. The Morgan fingerprint density at radius 3 is 2.62 bits per heavy atom. The van der Waals surface area contributed by atoms with E-state index in [0.29, 0.717) is 11.8 Å². The van der Waals surface area contributed by atoms with Crippen molar-refractivity contribution in [3.63, 3.8) is 0 Å². The lowest BCUT2D eigenvalue weighted by molar-refractivity contribution is -0.137. The van der Waals surface area contributed by atoms with E-state index in [4.69, 9.17) is 0 Å². The maximum Gasteiger partial charge on any atom is 0.226 e. The van der Waals surface area contributed by atoms with Crippen LogP contribution in [0.4, 0.5) is 0 Å². The fourth-order valence-corrected chi connectivity index (χ4v) is 4.55. The number of hydrogen-bond donors (Lipinski definition) is 0. The molecule has 0 unspecified atom stereocenters. The summed E-state index contributed by atoms with van der Waals surface area (Å²) in [7, 11) is 0. The van der Waals surface area contributed by atoms with Gasteiger partial charge in [0.1, 0.15) is 0 Å². The Kier molecular flexibility index (Phi) is 5.68. The zero-order chi connectivity index (χ0) is 17.8. The van der Waals surface area contributed by atoms with Crippen LogP contribution in [0.3, 0.4) is 0 Å². The molecule has 1 aliphatic carbocycles. The van der Waals surface area contributed by atoms with Crippen LogP contribution in [0.5, 0.6) is 0 Å². The number of carbonyl (C=O) groups is 1. The quantitative estimate of drug-likeness (QED) is 0.760. The highest BCUT2D eigenvalue weighted by Crippen LogP contribution is 2.25. The topological polar surface area (TPSA) is 54.3 Å². The molecule has 1 aromatic heterocycles. The molecular formula is C20H31N5O. The molecule has 6 nitrogen and oxygen atoms in total. The number of nitrogens with zero attached hydrogens (tertiary/aromatic N) is 5. The molecule has 0 bridgehead atoms. The first kappa shape index (κ1) is 17.7. The van der Waals surface area contributed by atoms with Gasteiger partial charge in [0.2, 0.25) is 5.91 Å². The molecule has 1 aromatic rings. The SMILES string of the molecule is O=C([C@H]1CC=CCC1)N1CCC(Cn2cc(CN3CCCC3)nn2)CC1. The highest BCUT2D eigenvalue weighted by atomic mass is 16.2. The largest absolute Gasteiger partial charge is 0.342 e. The van der Waals surface area contributed by atoms with Crippen molar-refractivity contribution in [1.29, 1.82) is 0 Å². The second kappa shape index (κ2) is 8.33. The van der Waals surface area contributed by atoms with Crippen LogP contribution in [0.1, 0.15) is 50.6 Å². The molecule has 2 aliphatic heterocycles. The van der Waals surface area contributed by atoms with Crippen LogP contribution in [-0.2, 0) is 17.9 Å². The third-order valence-electron chi connectivity index (χ3n) is 6.16. The molecule has 0 radical (unpaired) electrons. The van der Waals surface area contributed by atoms with Gasteiger partial charge in [-0.2, -0.15) is 0 Å². The van der Waals surface area contributed by atoms with Crippen molar-refractivity contribution in [3.05, 3.63) is 24.0 Å². The molecule has 26 heavy (non-hydrogen) atoms. The van der Waals surface area contributed by atoms with Crippen molar-refractivity contribution in [2.45, 2.75) is 58.0 Å². The van der Waals surface area contributed by atoms with Crippen LogP contribution in [-0.4, -0.2) is 56.9 Å². The minimum Gasteiger partial charge on any atom is -0.342 e. The summed E-state index contributed by atoms with van der Waals surface area (Å²) in [6.45, 7) is 6.05. The Hall–Kier alpha value is -1.69. The molecule has 1 atom stereocenters. The van der Waals surface area contributed by atoms with E-state index in [1.165, 1.54) is 25.9 Å². The summed E-state index contributed by atoms with van der Waals surface area (Å²) in [6.07, 6.45) is 14.3. The van der Waals surface area contributed by atoms with Gasteiger partial charge in [0.05, 0.1) is 5.69 Å². The molecule has 2 saturated heterocycles. The molecule has 3 aliphatic rings. The van der Waals surface area contributed by atoms with E-state index in [9.17, 15) is 4.79 Å². The van der Waals surface area contributed by atoms with Gasteiger partial charge in [-0.25, -0.2) is 0 Å². The van der Waals surface area contributed by atoms with E-state index in [1.807, 2.05) is 4.68 Å². The smallest absolute Gasteiger partial charge is 0.226 e. The number of carbonyl (C=O) groups excluding carboxylic acids is 1. The summed E-state index contributed by atoms with van der Waals surface area (Å²) in [5, 5.41) is 8.68. The summed E-state index contributed by atoms with van der Waals surface area (Å²) in [6, 6.07) is 0. The summed E-state index contributed by atoms with van der Waals surface area (Å²) >= 11 is 0. The molecule has 4 rings (SSSR count). The number of likely N-dealkylation sites (tertiary alicyclic amines) is 2. The van der Waals surface area contributed by atoms with Crippen LogP contribution in [0.15, 0.2) is 18.3 Å². The average molecular weight is 358 g/mol. The van der Waals surface area contributed by atoms with Crippen molar-refractivity contribution >= 4 is 5.91 Å². The van der Waals surface area contributed by atoms with Crippen molar-refractivity contribution in [1.82, 2.24) is 24.8 Å². The van der Waals surface area contributed by atoms with Crippen molar-refractivity contribution in [3.8, 4) is 0 Å². The van der Waals surface area contributed by atoms with Gasteiger partial charge in [-0.1, -0.05) is 17.4 Å². The minimum absolute atomic E-state index is 0.222. The molecule has 0 spiro atoms. The zero-order valence-electron chi connectivity index (χ0n) is 15.7. The lowest BCUT2D eigenvalue weighted by Gasteiger charge is -2.34. The van der Waals surface area contributed by atoms with Crippen LogP contribution < -0.4 is 0 Å². The van der Waals surface area contributed by atoms with Gasteiger partial charge in [0.25, 0.3) is 0 Å². The Labute approximate surface area is 156 Å². The maximum absolute atomic E-state index is 12.6. The third kappa shape index (κ3) is 4.34. The van der Waals surface area contributed by atoms with E-state index in [-0.39, 0.29) is 5.92 Å². The highest BCUT2D eigenvalue weighted by Gasteiger charge is 2.28. The minimum atomic E-state index is 0.222. The van der Waals surface area contributed by atoms with Crippen LogP contribution in [0.2, 0.25) is 0 Å². The Morgan fingerprint density at radius 1 is 1.08 bits per heavy atom. The van der Waals surface area contributed by atoms with Gasteiger partial charge in [-0.05, 0) is 64.0 Å². The fraction of sp³-hybridized carbons (Fsp3) is 0.750. The zero-order valence-corrected chi connectivity index (χ0v) is 15.7. The van der Waals surface area contributed by atoms with Gasteiger partial charge < -0.3 is 4.90 Å². The first-order chi connectivity index (χ1) is 12.8. The summed E-state index contributed by atoms with van der Waals surface area (Å²) in [4.78, 5) is 17.2. The van der Waals surface area contributed by atoms with Gasteiger partial charge in [0, 0.05) is 38.3 Å². The number of rotatable bonds is 5. The van der Waals surface area contributed by atoms with Crippen molar-refractivity contribution < 1.29 is 4.79 Å². The lowest BCUT2D eigenvalue weighted by atomic mass is 9.91. The number of allylic oxidation sites excluding steroid dienone is 2. The van der Waals surface area contributed by atoms with E-state index >= 15 is 0 Å². The maximum atomic E-state index is 12.6. The van der Waals surface area contributed by atoms with E-state index in [2.05, 4.69) is 38.5 Å². The molecule has 142 valence electrons. The number of hydrogen-bond acceptors (Lipinski definition) is 4. The molecule has 2 fully saturated rings. The third-order valence-corrected chi connectivity index (χ3v) is 6.16. The van der Waals surface area contributed by atoms with Gasteiger partial charge in [0.15, 0.2) is 0 Å². The number of aromatic nitrogens is 3. The van der Waals surface area contributed by atoms with Gasteiger partial charge in [-0.15, -0.1) is 5.10 Å². The second-order valence-corrected chi connectivity index (χ2v) is 8.17. The first-order valence-electron chi connectivity index (χ1n) is 10.3. The Bertz CT molecular complexity index is 626. The number of piperidine rings is 1. The molecule has 0 N–H and O–H groups in total. The molecule has 6 heteroatoms.